The highest BCUT2D eigenvalue weighted by Crippen LogP contribution is 2.43. The second-order valence-corrected chi connectivity index (χ2v) is 5.97. The lowest BCUT2D eigenvalue weighted by molar-refractivity contribution is -0.0107. The summed E-state index contributed by atoms with van der Waals surface area (Å²) in [5.74, 6) is 1.94. The third-order valence-electron chi connectivity index (χ3n) is 3.70. The minimum Gasteiger partial charge on any atom is -0.393 e. The summed E-state index contributed by atoms with van der Waals surface area (Å²) in [6, 6.07) is 0. The molecule has 1 rings (SSSR count). The first-order chi connectivity index (χ1) is 5.82. The molecule has 1 N–H and O–H groups in total. The molecule has 0 aliphatic heterocycles. The van der Waals surface area contributed by atoms with Crippen molar-refractivity contribution in [1.29, 1.82) is 0 Å². The van der Waals surface area contributed by atoms with Crippen LogP contribution in [0.1, 0.15) is 47.5 Å². The molecule has 13 heavy (non-hydrogen) atoms. The third-order valence-corrected chi connectivity index (χ3v) is 3.70. The molecule has 0 saturated heterocycles. The van der Waals surface area contributed by atoms with Crippen LogP contribution in [0, 0.1) is 23.2 Å². The Kier molecular flexibility index (Phi) is 3.06. The topological polar surface area (TPSA) is 20.2 Å². The van der Waals surface area contributed by atoms with Gasteiger partial charge in [-0.2, -0.15) is 0 Å². The van der Waals surface area contributed by atoms with Crippen molar-refractivity contribution in [3.63, 3.8) is 0 Å². The Morgan fingerprint density at radius 3 is 2.00 bits per heavy atom. The quantitative estimate of drug-likeness (QED) is 0.613. The SMILES string of the molecule is CC1CC(C)C(C(C)(C)C)CC1O. The fourth-order valence-electron chi connectivity index (χ4n) is 2.84. The van der Waals surface area contributed by atoms with Crippen LogP contribution in [0.25, 0.3) is 0 Å². The fourth-order valence-corrected chi connectivity index (χ4v) is 2.84. The van der Waals surface area contributed by atoms with E-state index in [0.717, 1.165) is 12.3 Å². The Labute approximate surface area is 82.5 Å². The van der Waals surface area contributed by atoms with Gasteiger partial charge in [0.25, 0.3) is 0 Å². The second-order valence-electron chi connectivity index (χ2n) is 5.97. The van der Waals surface area contributed by atoms with E-state index in [0.29, 0.717) is 17.3 Å². The first-order valence-corrected chi connectivity index (χ1v) is 5.50. The van der Waals surface area contributed by atoms with Crippen LogP contribution >= 0.6 is 0 Å². The van der Waals surface area contributed by atoms with Gasteiger partial charge in [0, 0.05) is 0 Å². The van der Waals surface area contributed by atoms with Gasteiger partial charge in [0.1, 0.15) is 0 Å². The summed E-state index contributed by atoms with van der Waals surface area (Å²) in [6.45, 7) is 11.4. The minimum absolute atomic E-state index is 0.0691. The molecule has 1 nitrogen and oxygen atoms in total. The van der Waals surface area contributed by atoms with Gasteiger partial charge < -0.3 is 5.11 Å². The van der Waals surface area contributed by atoms with E-state index in [1.54, 1.807) is 0 Å². The van der Waals surface area contributed by atoms with Crippen LogP contribution in [-0.4, -0.2) is 11.2 Å². The zero-order chi connectivity index (χ0) is 10.2. The highest BCUT2D eigenvalue weighted by Gasteiger charge is 2.37. The van der Waals surface area contributed by atoms with Crippen LogP contribution in [-0.2, 0) is 0 Å². The number of aliphatic hydroxyl groups excluding tert-OH is 1. The van der Waals surface area contributed by atoms with E-state index < -0.39 is 0 Å². The Bertz CT molecular complexity index is 168. The third kappa shape index (κ3) is 2.46. The van der Waals surface area contributed by atoms with Gasteiger partial charge >= 0.3 is 0 Å². The fraction of sp³-hybridized carbons (Fsp3) is 1.00. The summed E-state index contributed by atoms with van der Waals surface area (Å²) in [5.41, 5.74) is 0.348. The average molecular weight is 184 g/mol. The minimum atomic E-state index is -0.0691. The van der Waals surface area contributed by atoms with Crippen LogP contribution in [0.5, 0.6) is 0 Å². The highest BCUT2D eigenvalue weighted by atomic mass is 16.3. The van der Waals surface area contributed by atoms with Gasteiger partial charge in [0.15, 0.2) is 0 Å². The molecule has 0 bridgehead atoms. The number of aliphatic hydroxyl groups is 1. The molecule has 0 aromatic carbocycles. The summed E-state index contributed by atoms with van der Waals surface area (Å²) in [6.07, 6.45) is 2.11. The molecule has 1 aliphatic carbocycles. The molecule has 0 heterocycles. The molecular weight excluding hydrogens is 160 g/mol. The van der Waals surface area contributed by atoms with Crippen molar-refractivity contribution in [2.24, 2.45) is 23.2 Å². The Morgan fingerprint density at radius 2 is 1.54 bits per heavy atom. The van der Waals surface area contributed by atoms with E-state index in [1.165, 1.54) is 6.42 Å². The molecule has 0 radical (unpaired) electrons. The van der Waals surface area contributed by atoms with Gasteiger partial charge in [-0.3, -0.25) is 0 Å². The molecule has 78 valence electrons. The van der Waals surface area contributed by atoms with E-state index >= 15 is 0 Å². The van der Waals surface area contributed by atoms with Crippen molar-refractivity contribution in [1.82, 2.24) is 0 Å². The van der Waals surface area contributed by atoms with E-state index in [1.807, 2.05) is 0 Å². The Balaban J connectivity index is 2.67. The van der Waals surface area contributed by atoms with Gasteiger partial charge in [0.2, 0.25) is 0 Å². The Morgan fingerprint density at radius 1 is 1.00 bits per heavy atom. The molecule has 1 aliphatic rings. The molecule has 1 saturated carbocycles. The largest absolute Gasteiger partial charge is 0.393 e. The van der Waals surface area contributed by atoms with Gasteiger partial charge in [-0.25, -0.2) is 0 Å². The Hall–Kier alpha value is -0.0400. The average Bonchev–Trinajstić information content (AvgIpc) is 1.94. The smallest absolute Gasteiger partial charge is 0.0568 e. The molecule has 0 aromatic heterocycles. The molecule has 0 amide bonds. The van der Waals surface area contributed by atoms with Crippen LogP contribution in [0.4, 0.5) is 0 Å². The van der Waals surface area contributed by atoms with Gasteiger partial charge in [-0.15, -0.1) is 0 Å². The van der Waals surface area contributed by atoms with Crippen molar-refractivity contribution in [3.8, 4) is 0 Å². The van der Waals surface area contributed by atoms with Gasteiger partial charge in [0.05, 0.1) is 6.10 Å². The zero-order valence-corrected chi connectivity index (χ0v) is 9.67. The van der Waals surface area contributed by atoms with Gasteiger partial charge in [-0.1, -0.05) is 34.6 Å². The zero-order valence-electron chi connectivity index (χ0n) is 9.67. The molecule has 4 unspecified atom stereocenters. The van der Waals surface area contributed by atoms with Crippen LogP contribution in [0.3, 0.4) is 0 Å². The number of hydrogen-bond donors (Lipinski definition) is 1. The number of hydrogen-bond acceptors (Lipinski definition) is 1. The van der Waals surface area contributed by atoms with E-state index in [4.69, 9.17) is 0 Å². The predicted octanol–water partition coefficient (Wildman–Crippen LogP) is 3.08. The summed E-state index contributed by atoms with van der Waals surface area (Å²) < 4.78 is 0. The van der Waals surface area contributed by atoms with E-state index in [9.17, 15) is 5.11 Å². The monoisotopic (exact) mass is 184 g/mol. The second kappa shape index (κ2) is 3.61. The lowest BCUT2D eigenvalue weighted by Crippen LogP contribution is -2.38. The summed E-state index contributed by atoms with van der Waals surface area (Å²) in [5, 5.41) is 9.83. The lowest BCUT2D eigenvalue weighted by atomic mass is 9.64. The maximum Gasteiger partial charge on any atom is 0.0568 e. The molecule has 0 spiro atoms. The maximum atomic E-state index is 9.83. The van der Waals surface area contributed by atoms with Crippen LogP contribution in [0.2, 0.25) is 0 Å². The number of rotatable bonds is 0. The molecule has 1 heteroatoms. The molecule has 1 fully saturated rings. The normalized spacial score (nSPS) is 42.0. The van der Waals surface area contributed by atoms with Crippen molar-refractivity contribution in [3.05, 3.63) is 0 Å². The lowest BCUT2D eigenvalue weighted by Gasteiger charge is -2.43. The first kappa shape index (κ1) is 11.0. The predicted molar refractivity (Wildman–Crippen MR) is 56.5 cm³/mol. The standard InChI is InChI=1S/C12H24O/c1-8-6-9(2)11(13)7-10(8)12(3,4)5/h8-11,13H,6-7H2,1-5H3. The molecular formula is C12H24O. The van der Waals surface area contributed by atoms with Crippen LogP contribution in [0.15, 0.2) is 0 Å². The van der Waals surface area contributed by atoms with Crippen molar-refractivity contribution in [2.45, 2.75) is 53.6 Å². The van der Waals surface area contributed by atoms with E-state index in [-0.39, 0.29) is 6.10 Å². The van der Waals surface area contributed by atoms with E-state index in [2.05, 4.69) is 34.6 Å². The maximum absolute atomic E-state index is 9.83. The molecule has 4 atom stereocenters. The summed E-state index contributed by atoms with van der Waals surface area (Å²) in [7, 11) is 0. The van der Waals surface area contributed by atoms with Crippen LogP contribution < -0.4 is 0 Å². The van der Waals surface area contributed by atoms with Gasteiger partial charge in [-0.05, 0) is 36.0 Å². The summed E-state index contributed by atoms with van der Waals surface area (Å²) >= 11 is 0. The van der Waals surface area contributed by atoms with Crippen molar-refractivity contribution < 1.29 is 5.11 Å². The van der Waals surface area contributed by atoms with Crippen molar-refractivity contribution >= 4 is 0 Å². The highest BCUT2D eigenvalue weighted by molar-refractivity contribution is 4.87. The first-order valence-electron chi connectivity index (χ1n) is 5.50. The van der Waals surface area contributed by atoms with Crippen molar-refractivity contribution in [2.75, 3.05) is 0 Å². The summed E-state index contributed by atoms with van der Waals surface area (Å²) in [4.78, 5) is 0. The molecule has 0 aromatic rings.